The van der Waals surface area contributed by atoms with Crippen LogP contribution in [0.25, 0.3) is 0 Å². The van der Waals surface area contributed by atoms with Crippen LogP contribution in [0.5, 0.6) is 0 Å². The summed E-state index contributed by atoms with van der Waals surface area (Å²) in [6, 6.07) is 19.2. The molecule has 0 aliphatic rings. The van der Waals surface area contributed by atoms with E-state index in [1.165, 1.54) is 14.2 Å². The third-order valence-corrected chi connectivity index (χ3v) is 3.51. The third-order valence-electron chi connectivity index (χ3n) is 3.51. The molecule has 0 aliphatic carbocycles. The van der Waals surface area contributed by atoms with Crippen molar-refractivity contribution in [3.05, 3.63) is 71.8 Å². The molecule has 37 heavy (non-hydrogen) atoms. The Morgan fingerprint density at radius 2 is 0.892 bits per heavy atom. The number of hydrogen-bond acceptors (Lipinski definition) is 8. The summed E-state index contributed by atoms with van der Waals surface area (Å²) >= 11 is 0. The molecule has 0 bridgehead atoms. The second kappa shape index (κ2) is 31.0. The predicted octanol–water partition coefficient (Wildman–Crippen LogP) is -5.01. The van der Waals surface area contributed by atoms with Gasteiger partial charge in [-0.1, -0.05) is 60.7 Å². The number of benzene rings is 2. The van der Waals surface area contributed by atoms with Gasteiger partial charge in [0.15, 0.2) is 11.9 Å². The first-order valence-corrected chi connectivity index (χ1v) is 9.85. The molecule has 2 aromatic rings. The molecule has 2 aromatic carbocycles. The van der Waals surface area contributed by atoms with Crippen LogP contribution in [0.4, 0.5) is 0 Å². The smallest absolute Gasteiger partial charge is 1.00 e. The van der Waals surface area contributed by atoms with Crippen LogP contribution < -0.4 is 46.1 Å². The van der Waals surface area contributed by atoms with Gasteiger partial charge in [0.2, 0.25) is 0 Å². The Hall–Kier alpha value is -3.06. The number of hydrogen-bond donors (Lipinski definition) is 10. The van der Waals surface area contributed by atoms with Crippen molar-refractivity contribution >= 4 is 24.0 Å². The summed E-state index contributed by atoms with van der Waals surface area (Å²) in [5.74, 6) is 0.0939. The van der Waals surface area contributed by atoms with E-state index in [0.717, 1.165) is 25.3 Å². The van der Waals surface area contributed by atoms with Crippen molar-refractivity contribution in [2.75, 3.05) is 28.4 Å². The number of halogens is 2. The van der Waals surface area contributed by atoms with Crippen LogP contribution in [0.15, 0.2) is 60.7 Å². The molecule has 10 N–H and O–H groups in total. The Kier molecular flexibility index (Phi) is 36.8. The first-order chi connectivity index (χ1) is 16.4. The Morgan fingerprint density at radius 1 is 0.622 bits per heavy atom. The molecule has 0 fully saturated rings. The van der Waals surface area contributed by atoms with Crippen LogP contribution >= 0.6 is 0 Å². The number of rotatable bonds is 4. The van der Waals surface area contributed by atoms with Crippen molar-refractivity contribution in [3.63, 3.8) is 0 Å². The van der Waals surface area contributed by atoms with Gasteiger partial charge in [-0.15, -0.1) is 0 Å². The number of amidine groups is 2. The van der Waals surface area contributed by atoms with E-state index in [1.807, 2.05) is 60.7 Å². The molecule has 0 unspecified atom stereocenters. The average molecular weight is 611 g/mol. The summed E-state index contributed by atoms with van der Waals surface area (Å²) in [5.41, 5.74) is 2.15. The van der Waals surface area contributed by atoms with Gasteiger partial charge in [0.05, 0.1) is 14.2 Å². The molecule has 12 nitrogen and oxygen atoms in total. The van der Waals surface area contributed by atoms with Gasteiger partial charge in [-0.05, 0) is 11.1 Å². The van der Waals surface area contributed by atoms with Gasteiger partial charge in [-0.2, -0.15) is 0 Å². The van der Waals surface area contributed by atoms with Gasteiger partial charge < -0.3 is 55.1 Å². The SMILES string of the molecule is CO.CO.COC(=N)NC(=N)NCc1ccccc1.COC(=N)NC(=N)NCc1ccccc1.[Cl-].[Cl-].[Cu+2]. The summed E-state index contributed by atoms with van der Waals surface area (Å²) in [7, 11) is 4.75. The molecule has 1 radical (unpaired) electrons. The molecule has 0 saturated carbocycles. The minimum absolute atomic E-state index is 0. The van der Waals surface area contributed by atoms with Gasteiger partial charge in [-0.25, -0.2) is 0 Å². The molecule has 0 spiro atoms. The number of aliphatic hydroxyl groups excluding tert-OH is 2. The number of nitrogens with one attached hydrogen (secondary N) is 8. The first-order valence-electron chi connectivity index (χ1n) is 9.85. The number of aliphatic hydroxyl groups is 2. The molecule has 2 rings (SSSR count). The Balaban J connectivity index is -0.000000152. The van der Waals surface area contributed by atoms with Gasteiger partial charge in [0.1, 0.15) is 0 Å². The van der Waals surface area contributed by atoms with E-state index in [-0.39, 0.29) is 65.8 Å². The maximum absolute atomic E-state index is 7.43. The van der Waals surface area contributed by atoms with E-state index in [4.69, 9.17) is 31.9 Å². The van der Waals surface area contributed by atoms with Crippen molar-refractivity contribution in [2.24, 2.45) is 0 Å². The fraction of sp³-hybridized carbons (Fsp3) is 0.273. The van der Waals surface area contributed by atoms with Crippen molar-refractivity contribution in [2.45, 2.75) is 13.1 Å². The summed E-state index contributed by atoms with van der Waals surface area (Å²) in [5, 5.41) is 53.6. The fourth-order valence-electron chi connectivity index (χ4n) is 1.99. The van der Waals surface area contributed by atoms with Gasteiger partial charge >= 0.3 is 17.1 Å². The zero-order chi connectivity index (χ0) is 26.2. The maximum Gasteiger partial charge on any atom is 2.00 e. The third kappa shape index (κ3) is 25.8. The van der Waals surface area contributed by atoms with Crippen LogP contribution in [0.1, 0.15) is 11.1 Å². The molecule has 15 heteroatoms. The Morgan fingerprint density at radius 3 is 1.14 bits per heavy atom. The Bertz CT molecular complexity index is 768. The minimum Gasteiger partial charge on any atom is -1.00 e. The number of ether oxygens (including phenoxy) is 2. The van der Waals surface area contributed by atoms with E-state index in [9.17, 15) is 0 Å². The minimum atomic E-state index is -0.152. The average Bonchev–Trinajstić information content (AvgIpc) is 2.90. The zero-order valence-electron chi connectivity index (χ0n) is 21.0. The molecule has 0 amide bonds. The molecular formula is C22H36Cl2CuN8O4. The van der Waals surface area contributed by atoms with Crippen LogP contribution in [0.3, 0.4) is 0 Å². The summed E-state index contributed by atoms with van der Waals surface area (Å²) in [6.45, 7) is 1.09. The molecule has 0 atom stereocenters. The van der Waals surface area contributed by atoms with E-state index in [1.54, 1.807) is 0 Å². The van der Waals surface area contributed by atoms with Crippen LogP contribution in [0, 0.1) is 21.6 Å². The number of methoxy groups -OCH3 is 2. The van der Waals surface area contributed by atoms with E-state index in [2.05, 4.69) is 30.7 Å². The monoisotopic (exact) mass is 609 g/mol. The van der Waals surface area contributed by atoms with E-state index >= 15 is 0 Å². The molecule has 0 saturated heterocycles. The van der Waals surface area contributed by atoms with Crippen molar-refractivity contribution < 1.29 is 61.6 Å². The second-order valence-electron chi connectivity index (χ2n) is 5.74. The normalized spacial score (nSPS) is 7.73. The molecule has 0 aromatic heterocycles. The van der Waals surface area contributed by atoms with Gasteiger partial charge in [-0.3, -0.25) is 32.3 Å². The van der Waals surface area contributed by atoms with Crippen molar-refractivity contribution in [1.29, 1.82) is 21.6 Å². The molecular weight excluding hydrogens is 575 g/mol. The quantitative estimate of drug-likeness (QED) is 0.0920. The van der Waals surface area contributed by atoms with E-state index in [0.29, 0.717) is 13.1 Å². The van der Waals surface area contributed by atoms with Crippen molar-refractivity contribution in [3.8, 4) is 0 Å². The molecule has 213 valence electrons. The van der Waals surface area contributed by atoms with Crippen LogP contribution in [-0.2, 0) is 39.6 Å². The first kappa shape index (κ1) is 44.0. The van der Waals surface area contributed by atoms with Gasteiger partial charge in [0.25, 0.3) is 12.0 Å². The maximum atomic E-state index is 7.43. The largest absolute Gasteiger partial charge is 2.00 e. The standard InChI is InChI=1S/2C10H14N4O.2CH4O.2ClH.Cu/c2*1-15-10(12)14-9(11)13-7-8-5-3-2-4-6-8;2*1-2;;;/h2*2-6H,7H2,1H3,(H4,11,12,13,14);2*2H,1H3;2*1H;/q;;;;;;+2/p-2. The van der Waals surface area contributed by atoms with Crippen LogP contribution in [-0.4, -0.2) is 62.6 Å². The van der Waals surface area contributed by atoms with Crippen molar-refractivity contribution in [1.82, 2.24) is 21.3 Å². The van der Waals surface area contributed by atoms with E-state index < -0.39 is 0 Å². The predicted molar refractivity (Wildman–Crippen MR) is 134 cm³/mol. The van der Waals surface area contributed by atoms with Gasteiger partial charge in [0, 0.05) is 27.3 Å². The molecule has 0 aliphatic heterocycles. The fourth-order valence-corrected chi connectivity index (χ4v) is 1.99. The molecule has 0 heterocycles. The number of guanidine groups is 2. The summed E-state index contributed by atoms with van der Waals surface area (Å²) in [6.07, 6.45) is 0. The Labute approximate surface area is 241 Å². The van der Waals surface area contributed by atoms with Crippen LogP contribution in [0.2, 0.25) is 0 Å². The second-order valence-corrected chi connectivity index (χ2v) is 5.74. The summed E-state index contributed by atoms with van der Waals surface area (Å²) in [4.78, 5) is 0. The zero-order valence-corrected chi connectivity index (χ0v) is 23.4. The topological polar surface area (TPSA) is 202 Å². The summed E-state index contributed by atoms with van der Waals surface area (Å²) < 4.78 is 9.13.